The van der Waals surface area contributed by atoms with Gasteiger partial charge >= 0.3 is 6.03 Å². The Balaban J connectivity index is 1.38. The van der Waals surface area contributed by atoms with Crippen molar-refractivity contribution in [2.75, 3.05) is 43.5 Å². The van der Waals surface area contributed by atoms with Crippen molar-refractivity contribution < 1.29 is 23.8 Å². The number of nitrogens with one attached hydrogen (secondary N) is 2. The van der Waals surface area contributed by atoms with Crippen LogP contribution in [0, 0.1) is 5.92 Å². The van der Waals surface area contributed by atoms with Gasteiger partial charge in [0.15, 0.2) is 11.5 Å². The molecule has 0 radical (unpaired) electrons. The number of piperidine rings is 1. The molecular weight excluding hydrogens is 604 g/mol. The quantitative estimate of drug-likeness (QED) is 0.160. The van der Waals surface area contributed by atoms with E-state index < -0.39 is 0 Å². The summed E-state index contributed by atoms with van der Waals surface area (Å²) in [5.74, 6) is 2.60. The van der Waals surface area contributed by atoms with Crippen LogP contribution in [0.1, 0.15) is 83.5 Å². The maximum absolute atomic E-state index is 13.8. The summed E-state index contributed by atoms with van der Waals surface area (Å²) < 4.78 is 18.0. The van der Waals surface area contributed by atoms with E-state index in [4.69, 9.17) is 14.2 Å². The Bertz CT molecular complexity index is 1430. The lowest BCUT2D eigenvalue weighted by Gasteiger charge is -2.32. The van der Waals surface area contributed by atoms with E-state index in [2.05, 4.69) is 36.3 Å². The molecule has 2 N–H and O–H groups in total. The molecule has 48 heavy (non-hydrogen) atoms. The summed E-state index contributed by atoms with van der Waals surface area (Å²) in [6.07, 6.45) is 6.46. The number of carbonyl (C=O) groups excluding carboxylic acids is 2. The van der Waals surface area contributed by atoms with Crippen molar-refractivity contribution in [1.82, 2.24) is 10.2 Å². The molecule has 1 fully saturated rings. The first kappa shape index (κ1) is 36.6. The molecule has 1 heterocycles. The number of rotatable bonds is 16. The van der Waals surface area contributed by atoms with Crippen LogP contribution in [-0.4, -0.2) is 62.3 Å². The summed E-state index contributed by atoms with van der Waals surface area (Å²) in [7, 11) is 1.56. The number of nitrogens with zero attached hydrogens (tertiary/aromatic N) is 2. The first-order chi connectivity index (χ1) is 23.2. The van der Waals surface area contributed by atoms with Gasteiger partial charge in [-0.1, -0.05) is 41.0 Å². The van der Waals surface area contributed by atoms with Crippen LogP contribution in [0.4, 0.5) is 16.2 Å². The van der Waals surface area contributed by atoms with Gasteiger partial charge in [0.2, 0.25) is 0 Å². The summed E-state index contributed by atoms with van der Waals surface area (Å²) in [5, 5.41) is 5.83. The molecule has 260 valence electrons. The van der Waals surface area contributed by atoms with E-state index in [9.17, 15) is 9.59 Å². The van der Waals surface area contributed by atoms with Crippen LogP contribution >= 0.6 is 0 Å². The van der Waals surface area contributed by atoms with Crippen LogP contribution in [0.2, 0.25) is 0 Å². The molecule has 1 aliphatic heterocycles. The summed E-state index contributed by atoms with van der Waals surface area (Å²) in [5.41, 5.74) is 2.00. The molecular formula is C39H54N4O5. The summed E-state index contributed by atoms with van der Waals surface area (Å²) >= 11 is 0. The number of hydrogen-bond donors (Lipinski definition) is 2. The van der Waals surface area contributed by atoms with Gasteiger partial charge in [0.05, 0.1) is 7.11 Å². The fourth-order valence-electron chi connectivity index (χ4n) is 5.82. The Kier molecular flexibility index (Phi) is 14.0. The number of carbonyl (C=O) groups is 2. The lowest BCUT2D eigenvalue weighted by Crippen LogP contribution is -2.38. The van der Waals surface area contributed by atoms with Crippen LogP contribution in [0.15, 0.2) is 66.7 Å². The Morgan fingerprint density at radius 1 is 0.896 bits per heavy atom. The van der Waals surface area contributed by atoms with Crippen LogP contribution in [0.5, 0.6) is 23.0 Å². The normalized spacial score (nSPS) is 13.8. The van der Waals surface area contributed by atoms with E-state index >= 15 is 0 Å². The molecule has 9 heteroatoms. The number of urea groups is 1. The van der Waals surface area contributed by atoms with Crippen molar-refractivity contribution in [3.63, 3.8) is 0 Å². The number of amides is 3. The van der Waals surface area contributed by atoms with Crippen molar-refractivity contribution >= 4 is 23.3 Å². The highest BCUT2D eigenvalue weighted by Crippen LogP contribution is 2.35. The number of unbranched alkanes of at least 4 members (excludes halogenated alkanes) is 1. The van der Waals surface area contributed by atoms with E-state index in [-0.39, 0.29) is 30.0 Å². The Labute approximate surface area is 286 Å². The zero-order chi connectivity index (χ0) is 34.5. The predicted octanol–water partition coefficient (Wildman–Crippen LogP) is 8.74. The second-order valence-electron chi connectivity index (χ2n) is 12.9. The number of anilines is 2. The summed E-state index contributed by atoms with van der Waals surface area (Å²) in [6, 6.07) is 20.1. The minimum atomic E-state index is -0.256. The maximum atomic E-state index is 13.8. The maximum Gasteiger partial charge on any atom is 0.319 e. The third kappa shape index (κ3) is 10.6. The molecule has 1 aliphatic rings. The molecule has 0 saturated carbocycles. The zero-order valence-electron chi connectivity index (χ0n) is 29.6. The van der Waals surface area contributed by atoms with E-state index in [1.807, 2.05) is 67.3 Å². The standard InChI is InChI=1S/C39H54N4O5/c1-7-10-23-42-24-21-35(22-25-42)47-33-16-11-29(12-17-33)38(44)43(27-28(4)5)32-14-18-34(19-15-32)48-36-20-13-31(26-37(36)46-6)41-39(45)40-30(8-2)9-3/h11-20,26,28,30,35H,7-10,21-25,27H2,1-6H3,(H2,40,41,45). The van der Waals surface area contributed by atoms with Crippen molar-refractivity contribution in [3.8, 4) is 23.0 Å². The Morgan fingerprint density at radius 3 is 2.17 bits per heavy atom. The number of methoxy groups -OCH3 is 1. The number of ether oxygens (including phenoxy) is 3. The summed E-state index contributed by atoms with van der Waals surface area (Å²) in [6.45, 7) is 14.4. The molecule has 0 aliphatic carbocycles. The summed E-state index contributed by atoms with van der Waals surface area (Å²) in [4.78, 5) is 30.5. The first-order valence-electron chi connectivity index (χ1n) is 17.6. The van der Waals surface area contributed by atoms with E-state index in [0.717, 1.165) is 50.2 Å². The highest BCUT2D eigenvalue weighted by atomic mass is 16.5. The lowest BCUT2D eigenvalue weighted by atomic mass is 10.1. The second kappa shape index (κ2) is 18.3. The fraction of sp³-hybridized carbons (Fsp3) is 0.487. The lowest BCUT2D eigenvalue weighted by molar-refractivity contribution is 0.0981. The largest absolute Gasteiger partial charge is 0.493 e. The first-order valence-corrected chi connectivity index (χ1v) is 17.6. The van der Waals surface area contributed by atoms with Gasteiger partial charge < -0.3 is 34.6 Å². The topological polar surface area (TPSA) is 92.4 Å². The molecule has 4 rings (SSSR count). The number of hydrogen-bond acceptors (Lipinski definition) is 6. The molecule has 0 atom stereocenters. The number of benzene rings is 3. The van der Waals surface area contributed by atoms with Gasteiger partial charge in [-0.15, -0.1) is 0 Å². The third-order valence-corrected chi connectivity index (χ3v) is 8.68. The molecule has 0 unspecified atom stereocenters. The molecule has 3 amide bonds. The van der Waals surface area contributed by atoms with Crippen molar-refractivity contribution in [3.05, 3.63) is 72.3 Å². The van der Waals surface area contributed by atoms with E-state index in [0.29, 0.717) is 35.0 Å². The highest BCUT2D eigenvalue weighted by molar-refractivity contribution is 6.06. The molecule has 0 aromatic heterocycles. The molecule has 9 nitrogen and oxygen atoms in total. The smallest absolute Gasteiger partial charge is 0.319 e. The SMILES string of the molecule is CCCCN1CCC(Oc2ccc(C(=O)N(CC(C)C)c3ccc(Oc4ccc(NC(=O)NC(CC)CC)cc4OC)cc3)cc2)CC1. The third-order valence-electron chi connectivity index (χ3n) is 8.68. The van der Waals surface area contributed by atoms with Crippen LogP contribution in [0.25, 0.3) is 0 Å². The molecule has 1 saturated heterocycles. The zero-order valence-corrected chi connectivity index (χ0v) is 29.6. The van der Waals surface area contributed by atoms with E-state index in [1.165, 1.54) is 19.4 Å². The molecule has 3 aromatic carbocycles. The predicted molar refractivity (Wildman–Crippen MR) is 194 cm³/mol. The monoisotopic (exact) mass is 658 g/mol. The van der Waals surface area contributed by atoms with Gasteiger partial charge in [-0.05, 0) is 105 Å². The van der Waals surface area contributed by atoms with Gasteiger partial charge in [-0.3, -0.25) is 4.79 Å². The van der Waals surface area contributed by atoms with Crippen molar-refractivity contribution in [2.45, 2.75) is 85.3 Å². The molecule has 0 spiro atoms. The second-order valence-corrected chi connectivity index (χ2v) is 12.9. The number of likely N-dealkylation sites (tertiary alicyclic amines) is 1. The molecule has 3 aromatic rings. The van der Waals surface area contributed by atoms with Crippen LogP contribution in [-0.2, 0) is 0 Å². The average molecular weight is 659 g/mol. The highest BCUT2D eigenvalue weighted by Gasteiger charge is 2.22. The van der Waals surface area contributed by atoms with Crippen LogP contribution < -0.4 is 29.7 Å². The minimum absolute atomic E-state index is 0.0638. The van der Waals surface area contributed by atoms with Crippen LogP contribution in [0.3, 0.4) is 0 Å². The fourth-order valence-corrected chi connectivity index (χ4v) is 5.82. The van der Waals surface area contributed by atoms with Gasteiger partial charge in [-0.25, -0.2) is 4.79 Å². The van der Waals surface area contributed by atoms with Crippen molar-refractivity contribution in [1.29, 1.82) is 0 Å². The van der Waals surface area contributed by atoms with Gasteiger partial charge in [0.1, 0.15) is 17.6 Å². The van der Waals surface area contributed by atoms with Crippen molar-refractivity contribution in [2.24, 2.45) is 5.92 Å². The molecule has 0 bridgehead atoms. The Hall–Kier alpha value is -4.24. The average Bonchev–Trinajstić information content (AvgIpc) is 3.10. The van der Waals surface area contributed by atoms with Gasteiger partial charge in [0, 0.05) is 48.7 Å². The Morgan fingerprint density at radius 2 is 1.56 bits per heavy atom. The van der Waals surface area contributed by atoms with Gasteiger partial charge in [0.25, 0.3) is 5.91 Å². The van der Waals surface area contributed by atoms with E-state index in [1.54, 1.807) is 25.3 Å². The minimum Gasteiger partial charge on any atom is -0.493 e. The van der Waals surface area contributed by atoms with Gasteiger partial charge in [-0.2, -0.15) is 0 Å².